The number of piperidine rings is 1. The molecule has 1 saturated heterocycles. The van der Waals surface area contributed by atoms with Gasteiger partial charge in [-0.3, -0.25) is 0 Å². The zero-order valence-corrected chi connectivity index (χ0v) is 20.4. The van der Waals surface area contributed by atoms with E-state index in [9.17, 15) is 8.42 Å². The lowest BCUT2D eigenvalue weighted by Gasteiger charge is -2.25. The average molecular weight is 494 g/mol. The monoisotopic (exact) mass is 493 g/mol. The van der Waals surface area contributed by atoms with E-state index in [0.29, 0.717) is 24.4 Å². The van der Waals surface area contributed by atoms with Crippen molar-refractivity contribution in [2.45, 2.75) is 62.8 Å². The number of aromatic nitrogens is 4. The van der Waals surface area contributed by atoms with Gasteiger partial charge in [-0.05, 0) is 37.8 Å². The Bertz CT molecular complexity index is 1150. The maximum Gasteiger partial charge on any atom is 0.243 e. The highest BCUT2D eigenvalue weighted by Crippen LogP contribution is 2.27. The molecule has 2 aromatic heterocycles. The fourth-order valence-corrected chi connectivity index (χ4v) is 6.70. The summed E-state index contributed by atoms with van der Waals surface area (Å²) in [4.78, 5) is 5.15. The van der Waals surface area contributed by atoms with Gasteiger partial charge in [-0.15, -0.1) is 33.9 Å². The van der Waals surface area contributed by atoms with Gasteiger partial charge < -0.3 is 4.57 Å². The lowest BCUT2D eigenvalue weighted by molar-refractivity contribution is 0.346. The van der Waals surface area contributed by atoms with Crippen molar-refractivity contribution in [3.05, 3.63) is 46.3 Å². The summed E-state index contributed by atoms with van der Waals surface area (Å²) in [6.45, 7) is 2.22. The molecule has 0 aliphatic carbocycles. The van der Waals surface area contributed by atoms with Crippen molar-refractivity contribution in [2.75, 3.05) is 13.1 Å². The number of sulfonamides is 1. The van der Waals surface area contributed by atoms with Crippen LogP contribution in [0.5, 0.6) is 0 Å². The normalized spacial score (nSPS) is 17.4. The Kier molecular flexibility index (Phi) is 7.29. The summed E-state index contributed by atoms with van der Waals surface area (Å²) in [5.41, 5.74) is 1.80. The molecule has 32 heavy (non-hydrogen) atoms. The summed E-state index contributed by atoms with van der Waals surface area (Å²) in [6, 6.07) is 7.13. The predicted molar refractivity (Wildman–Crippen MR) is 128 cm³/mol. The van der Waals surface area contributed by atoms with Gasteiger partial charge in [0, 0.05) is 37.0 Å². The molecule has 0 saturated carbocycles. The Morgan fingerprint density at radius 1 is 0.906 bits per heavy atom. The van der Waals surface area contributed by atoms with E-state index in [1.54, 1.807) is 27.8 Å². The first-order valence-electron chi connectivity index (χ1n) is 11.1. The number of hydrogen-bond acceptors (Lipinski definition) is 6. The topological polar surface area (TPSA) is 81.0 Å². The summed E-state index contributed by atoms with van der Waals surface area (Å²) >= 11 is 1.61. The summed E-state index contributed by atoms with van der Waals surface area (Å²) in [6.07, 6.45) is 8.27. The molecule has 5 rings (SSSR count). The van der Waals surface area contributed by atoms with E-state index >= 15 is 0 Å². The van der Waals surface area contributed by atoms with E-state index in [2.05, 4.69) is 14.8 Å². The lowest BCUT2D eigenvalue weighted by Crippen LogP contribution is -2.35. The van der Waals surface area contributed by atoms with Gasteiger partial charge in [-0.1, -0.05) is 25.0 Å². The molecule has 1 aromatic carbocycles. The van der Waals surface area contributed by atoms with Crippen molar-refractivity contribution in [3.8, 4) is 11.3 Å². The van der Waals surface area contributed by atoms with Gasteiger partial charge in [0.25, 0.3) is 0 Å². The van der Waals surface area contributed by atoms with Crippen LogP contribution in [0.15, 0.2) is 34.5 Å². The van der Waals surface area contributed by atoms with Gasteiger partial charge in [-0.2, -0.15) is 4.31 Å². The molecular formula is C22H28ClN5O2S2. The van der Waals surface area contributed by atoms with Crippen molar-refractivity contribution >= 4 is 33.8 Å². The van der Waals surface area contributed by atoms with E-state index in [4.69, 9.17) is 4.98 Å². The van der Waals surface area contributed by atoms with E-state index < -0.39 is 10.0 Å². The second-order valence-corrected chi connectivity index (χ2v) is 11.2. The highest BCUT2D eigenvalue weighted by molar-refractivity contribution is 7.89. The molecule has 0 bridgehead atoms. The van der Waals surface area contributed by atoms with E-state index in [1.165, 1.54) is 19.3 Å². The largest absolute Gasteiger partial charge is 0.315 e. The Morgan fingerprint density at radius 2 is 1.62 bits per heavy atom. The third-order valence-electron chi connectivity index (χ3n) is 6.15. The van der Waals surface area contributed by atoms with Crippen LogP contribution in [-0.4, -0.2) is 45.6 Å². The molecule has 4 heterocycles. The molecule has 1 fully saturated rings. The second-order valence-electron chi connectivity index (χ2n) is 8.29. The Hall–Kier alpha value is -1.81. The van der Waals surface area contributed by atoms with Crippen molar-refractivity contribution in [2.24, 2.45) is 0 Å². The minimum Gasteiger partial charge on any atom is -0.315 e. The summed E-state index contributed by atoms with van der Waals surface area (Å²) in [5.74, 6) is 2.08. The van der Waals surface area contributed by atoms with Gasteiger partial charge >= 0.3 is 0 Å². The summed E-state index contributed by atoms with van der Waals surface area (Å²) < 4.78 is 29.6. The van der Waals surface area contributed by atoms with Crippen LogP contribution in [0.4, 0.5) is 0 Å². The molecule has 2 aliphatic rings. The average Bonchev–Trinajstić information content (AvgIpc) is 3.35. The van der Waals surface area contributed by atoms with Gasteiger partial charge in [-0.25, -0.2) is 13.4 Å². The molecule has 2 aliphatic heterocycles. The number of aryl methyl sites for hydroxylation is 1. The number of fused-ring (bicyclic) bond motifs is 1. The molecule has 0 unspecified atom stereocenters. The Morgan fingerprint density at radius 3 is 2.41 bits per heavy atom. The molecule has 10 heteroatoms. The third kappa shape index (κ3) is 4.76. The van der Waals surface area contributed by atoms with Crippen LogP contribution in [0.2, 0.25) is 0 Å². The van der Waals surface area contributed by atoms with Crippen LogP contribution in [0, 0.1) is 0 Å². The maximum atomic E-state index is 12.9. The highest BCUT2D eigenvalue weighted by atomic mass is 35.5. The van der Waals surface area contributed by atoms with Gasteiger partial charge in [0.2, 0.25) is 10.0 Å². The van der Waals surface area contributed by atoms with Crippen molar-refractivity contribution < 1.29 is 8.42 Å². The molecule has 7 nitrogen and oxygen atoms in total. The summed E-state index contributed by atoms with van der Waals surface area (Å²) in [7, 11) is -3.40. The molecule has 0 amide bonds. The lowest BCUT2D eigenvalue weighted by atomic mass is 10.2. The smallest absolute Gasteiger partial charge is 0.243 e. The van der Waals surface area contributed by atoms with Gasteiger partial charge in [0.15, 0.2) is 0 Å². The highest BCUT2D eigenvalue weighted by Gasteiger charge is 2.25. The molecular weight excluding hydrogens is 466 g/mol. The SMILES string of the molecule is Cl.O=S(=O)(c1ccc(-c2csc(Cc3nnc4n3CCCCC4)n2)cc1)N1CCCCC1. The van der Waals surface area contributed by atoms with Crippen molar-refractivity contribution in [1.82, 2.24) is 24.1 Å². The van der Waals surface area contributed by atoms with Crippen LogP contribution in [0.25, 0.3) is 11.3 Å². The summed E-state index contributed by atoms with van der Waals surface area (Å²) in [5, 5.41) is 11.8. The van der Waals surface area contributed by atoms with Crippen LogP contribution in [-0.2, 0) is 29.4 Å². The zero-order valence-electron chi connectivity index (χ0n) is 17.9. The van der Waals surface area contributed by atoms with E-state index in [-0.39, 0.29) is 12.4 Å². The second kappa shape index (κ2) is 9.99. The first-order chi connectivity index (χ1) is 15.1. The number of halogens is 1. The maximum absolute atomic E-state index is 12.9. The van der Waals surface area contributed by atoms with Crippen molar-refractivity contribution in [1.29, 1.82) is 0 Å². The van der Waals surface area contributed by atoms with Gasteiger partial charge in [0.05, 0.1) is 17.0 Å². The molecule has 172 valence electrons. The van der Waals surface area contributed by atoms with Crippen LogP contribution in [0.3, 0.4) is 0 Å². The third-order valence-corrected chi connectivity index (χ3v) is 8.91. The number of rotatable bonds is 5. The zero-order chi connectivity index (χ0) is 21.3. The number of thiazole rings is 1. The van der Waals surface area contributed by atoms with Crippen molar-refractivity contribution in [3.63, 3.8) is 0 Å². The number of hydrogen-bond donors (Lipinski definition) is 0. The quantitative estimate of drug-likeness (QED) is 0.528. The standard InChI is InChI=1S/C22H27N5O2S2.ClH/c28-31(29,26-12-4-2-5-13-26)18-10-8-17(9-11-18)19-16-30-22(23-19)15-21-25-24-20-7-3-1-6-14-27(20)21;/h8-11,16H,1-7,12-15H2;1H. The van der Waals surface area contributed by atoms with Gasteiger partial charge in [0.1, 0.15) is 16.7 Å². The fraction of sp³-hybridized carbons (Fsp3) is 0.500. The molecule has 0 atom stereocenters. The first-order valence-corrected chi connectivity index (χ1v) is 13.4. The fourth-order valence-electron chi connectivity index (χ4n) is 4.39. The Balaban J connectivity index is 0.00000245. The van der Waals surface area contributed by atoms with Crippen LogP contribution in [0.1, 0.15) is 55.2 Å². The number of benzene rings is 1. The number of nitrogens with zero attached hydrogens (tertiary/aromatic N) is 5. The van der Waals surface area contributed by atoms with E-state index in [1.807, 2.05) is 17.5 Å². The minimum atomic E-state index is -3.40. The van der Waals surface area contributed by atoms with Crippen LogP contribution >= 0.6 is 23.7 Å². The minimum absolute atomic E-state index is 0. The molecule has 0 radical (unpaired) electrons. The predicted octanol–water partition coefficient (Wildman–Crippen LogP) is 4.32. The molecule has 3 aromatic rings. The van der Waals surface area contributed by atoms with Crippen LogP contribution < -0.4 is 0 Å². The first kappa shape index (κ1) is 23.4. The molecule has 0 spiro atoms. The van der Waals surface area contributed by atoms with E-state index in [0.717, 1.165) is 60.1 Å². The Labute approximate surface area is 199 Å². The molecule has 0 N–H and O–H groups in total.